The lowest BCUT2D eigenvalue weighted by Gasteiger charge is -1.88. The summed E-state index contributed by atoms with van der Waals surface area (Å²) in [5.74, 6) is 1.17. The summed E-state index contributed by atoms with van der Waals surface area (Å²) in [4.78, 5) is 0. The monoisotopic (exact) mass is 168 g/mol. The molecule has 2 heteroatoms. The molecule has 0 aromatic heterocycles. The zero-order valence-electron chi connectivity index (χ0n) is 7.78. The zero-order valence-corrected chi connectivity index (χ0v) is 7.78. The Balaban J connectivity index is 0.000000261. The summed E-state index contributed by atoms with van der Waals surface area (Å²) in [6.07, 6.45) is 0. The molecule has 0 saturated carbocycles. The van der Waals surface area contributed by atoms with Gasteiger partial charge in [0.2, 0.25) is 0 Å². The molecule has 0 aliphatic heterocycles. The summed E-state index contributed by atoms with van der Waals surface area (Å²) in [7, 11) is 0. The fourth-order valence-corrected chi connectivity index (χ4v) is 0.453. The lowest BCUT2D eigenvalue weighted by Crippen LogP contribution is -1.66. The fraction of sp³-hybridized carbons (Fsp3) is 0.400. The van der Waals surface area contributed by atoms with Gasteiger partial charge < -0.3 is 10.2 Å². The second-order valence-electron chi connectivity index (χ2n) is 3.25. The van der Waals surface area contributed by atoms with E-state index in [4.69, 9.17) is 10.2 Å². The van der Waals surface area contributed by atoms with Gasteiger partial charge in [0.1, 0.15) is 11.5 Å². The van der Waals surface area contributed by atoms with E-state index >= 15 is 0 Å². The van der Waals surface area contributed by atoms with Crippen molar-refractivity contribution in [1.29, 1.82) is 0 Å². The molecule has 0 heterocycles. The van der Waals surface area contributed by atoms with Gasteiger partial charge in [-0.25, -0.2) is 0 Å². The average Bonchev–Trinajstić information content (AvgIpc) is 1.94. The van der Waals surface area contributed by atoms with Crippen LogP contribution in [0.25, 0.3) is 0 Å². The van der Waals surface area contributed by atoms with E-state index in [2.05, 4.69) is 20.8 Å². The molecule has 2 nitrogen and oxygen atoms in total. The van der Waals surface area contributed by atoms with Crippen LogP contribution in [0.4, 0.5) is 0 Å². The Bertz CT molecular complexity index is 178. The van der Waals surface area contributed by atoms with Gasteiger partial charge in [-0.2, -0.15) is 0 Å². The van der Waals surface area contributed by atoms with Gasteiger partial charge in [-0.05, 0) is 30.2 Å². The minimum atomic E-state index is 0.169. The number of phenols is 2. The number of hydrogen-bond acceptors (Lipinski definition) is 2. The summed E-state index contributed by atoms with van der Waals surface area (Å²) in [6.45, 7) is 6.50. The second-order valence-corrected chi connectivity index (χ2v) is 3.25. The largest absolute Gasteiger partial charge is 0.508 e. The smallest absolute Gasteiger partial charge is 0.115 e. The van der Waals surface area contributed by atoms with Crippen molar-refractivity contribution >= 4 is 0 Å². The van der Waals surface area contributed by atoms with E-state index in [0.717, 1.165) is 5.92 Å². The molecule has 0 spiro atoms. The van der Waals surface area contributed by atoms with Gasteiger partial charge in [0, 0.05) is 0 Å². The third-order valence-electron chi connectivity index (χ3n) is 0.850. The van der Waals surface area contributed by atoms with Gasteiger partial charge >= 0.3 is 0 Å². The fourth-order valence-electron chi connectivity index (χ4n) is 0.453. The Hall–Kier alpha value is -1.18. The maximum Gasteiger partial charge on any atom is 0.115 e. The maximum atomic E-state index is 8.65. The molecular weight excluding hydrogens is 152 g/mol. The van der Waals surface area contributed by atoms with Crippen LogP contribution in [-0.4, -0.2) is 10.2 Å². The van der Waals surface area contributed by atoms with Gasteiger partial charge in [0.25, 0.3) is 0 Å². The van der Waals surface area contributed by atoms with Crippen LogP contribution >= 0.6 is 0 Å². The third kappa shape index (κ3) is 6.93. The molecule has 1 aromatic carbocycles. The van der Waals surface area contributed by atoms with E-state index in [9.17, 15) is 0 Å². The van der Waals surface area contributed by atoms with Crippen LogP contribution in [0.3, 0.4) is 0 Å². The highest BCUT2D eigenvalue weighted by atomic mass is 16.3. The van der Waals surface area contributed by atoms with Gasteiger partial charge in [-0.3, -0.25) is 0 Å². The van der Waals surface area contributed by atoms with E-state index in [1.54, 1.807) is 0 Å². The van der Waals surface area contributed by atoms with Crippen molar-refractivity contribution in [2.45, 2.75) is 20.8 Å². The first-order valence-electron chi connectivity index (χ1n) is 4.00. The van der Waals surface area contributed by atoms with Crippen LogP contribution in [0.2, 0.25) is 0 Å². The second kappa shape index (κ2) is 5.47. The third-order valence-corrected chi connectivity index (χ3v) is 0.850. The molecule has 0 atom stereocenters. The highest BCUT2D eigenvalue weighted by Gasteiger charge is 1.84. The lowest BCUT2D eigenvalue weighted by molar-refractivity contribution is 0.460. The van der Waals surface area contributed by atoms with Gasteiger partial charge in [0.15, 0.2) is 0 Å². The Kier molecular flexibility index (Phi) is 4.93. The van der Waals surface area contributed by atoms with E-state index in [1.807, 2.05) is 0 Å². The Morgan fingerprint density at radius 1 is 0.833 bits per heavy atom. The molecule has 0 saturated heterocycles. The highest BCUT2D eigenvalue weighted by Crippen LogP contribution is 2.13. The molecule has 0 aliphatic rings. The van der Waals surface area contributed by atoms with Crippen LogP contribution < -0.4 is 0 Å². The summed E-state index contributed by atoms with van der Waals surface area (Å²) < 4.78 is 0. The first-order valence-corrected chi connectivity index (χ1v) is 4.00. The first kappa shape index (κ1) is 10.8. The molecule has 0 fully saturated rings. The highest BCUT2D eigenvalue weighted by molar-refractivity contribution is 5.28. The predicted molar refractivity (Wildman–Crippen MR) is 50.3 cm³/mol. The number of aromatic hydroxyl groups is 2. The normalized spacial score (nSPS) is 9.00. The van der Waals surface area contributed by atoms with Crippen LogP contribution in [0.15, 0.2) is 24.3 Å². The Morgan fingerprint density at radius 3 is 1.17 bits per heavy atom. The van der Waals surface area contributed by atoms with E-state index in [1.165, 1.54) is 24.3 Å². The average molecular weight is 168 g/mol. The molecule has 1 aromatic rings. The molecule has 12 heavy (non-hydrogen) atoms. The number of hydrogen-bond donors (Lipinski definition) is 2. The van der Waals surface area contributed by atoms with Crippen molar-refractivity contribution in [2.24, 2.45) is 5.92 Å². The maximum absolute atomic E-state index is 8.65. The predicted octanol–water partition coefficient (Wildman–Crippen LogP) is 2.76. The standard InChI is InChI=1S/C6H6O2.C4H10/c7-5-1-2-6(8)4-3-5;1-4(2)3/h1-4,7-8H;4H,1-3H3. The van der Waals surface area contributed by atoms with E-state index in [0.29, 0.717) is 0 Å². The minimum absolute atomic E-state index is 0.169. The Morgan fingerprint density at radius 2 is 1.00 bits per heavy atom. The molecule has 0 amide bonds. The summed E-state index contributed by atoms with van der Waals surface area (Å²) in [5.41, 5.74) is 0. The molecule has 2 N–H and O–H groups in total. The first-order chi connectivity index (χ1) is 5.52. The SMILES string of the molecule is CC(C)C.Oc1ccc(O)cc1. The lowest BCUT2D eigenvalue weighted by atomic mass is 10.3. The quantitative estimate of drug-likeness (QED) is 0.585. The summed E-state index contributed by atoms with van der Waals surface area (Å²) in [5, 5.41) is 17.3. The molecule has 68 valence electrons. The zero-order chi connectivity index (χ0) is 9.56. The van der Waals surface area contributed by atoms with Crippen molar-refractivity contribution in [3.8, 4) is 11.5 Å². The Labute approximate surface area is 73.5 Å². The number of phenolic OH excluding ortho intramolecular Hbond substituents is 2. The van der Waals surface area contributed by atoms with E-state index in [-0.39, 0.29) is 11.5 Å². The van der Waals surface area contributed by atoms with Crippen LogP contribution in [0.5, 0.6) is 11.5 Å². The van der Waals surface area contributed by atoms with Crippen LogP contribution in [-0.2, 0) is 0 Å². The topological polar surface area (TPSA) is 40.5 Å². The van der Waals surface area contributed by atoms with Gasteiger partial charge in [-0.15, -0.1) is 0 Å². The molecule has 0 unspecified atom stereocenters. The number of benzene rings is 1. The van der Waals surface area contributed by atoms with Gasteiger partial charge in [0.05, 0.1) is 0 Å². The van der Waals surface area contributed by atoms with Crippen LogP contribution in [0, 0.1) is 5.92 Å². The van der Waals surface area contributed by atoms with Crippen molar-refractivity contribution in [3.05, 3.63) is 24.3 Å². The van der Waals surface area contributed by atoms with Crippen molar-refractivity contribution < 1.29 is 10.2 Å². The summed E-state index contributed by atoms with van der Waals surface area (Å²) in [6, 6.07) is 5.70. The van der Waals surface area contributed by atoms with Crippen molar-refractivity contribution in [1.82, 2.24) is 0 Å². The molecule has 0 bridgehead atoms. The molecular formula is C10H16O2. The summed E-state index contributed by atoms with van der Waals surface area (Å²) >= 11 is 0. The molecule has 0 radical (unpaired) electrons. The van der Waals surface area contributed by atoms with Crippen LogP contribution in [0.1, 0.15) is 20.8 Å². The van der Waals surface area contributed by atoms with Crippen molar-refractivity contribution in [3.63, 3.8) is 0 Å². The van der Waals surface area contributed by atoms with Crippen molar-refractivity contribution in [2.75, 3.05) is 0 Å². The molecule has 1 rings (SSSR count). The van der Waals surface area contributed by atoms with E-state index < -0.39 is 0 Å². The number of rotatable bonds is 0. The molecule has 0 aliphatic carbocycles. The minimum Gasteiger partial charge on any atom is -0.508 e. The van der Waals surface area contributed by atoms with Gasteiger partial charge in [-0.1, -0.05) is 20.8 Å².